The third-order valence-electron chi connectivity index (χ3n) is 4.46. The maximum Gasteiger partial charge on any atom is 0.282 e. The van der Waals surface area contributed by atoms with Crippen LogP contribution in [0, 0.1) is 13.8 Å². The number of ether oxygens (including phenoxy) is 1. The molecular weight excluding hydrogens is 384 g/mol. The van der Waals surface area contributed by atoms with Crippen molar-refractivity contribution in [2.75, 3.05) is 20.2 Å². The fourth-order valence-electron chi connectivity index (χ4n) is 2.71. The molecule has 0 atom stereocenters. The Kier molecular flexibility index (Phi) is 7.32. The fraction of sp³-hybridized carbons (Fsp3) is 0.318. The predicted molar refractivity (Wildman–Crippen MR) is 115 cm³/mol. The lowest BCUT2D eigenvalue weighted by Crippen LogP contribution is -2.24. The topological polar surface area (TPSA) is 67.4 Å². The zero-order valence-electron chi connectivity index (χ0n) is 17.0. The lowest BCUT2D eigenvalue weighted by molar-refractivity contribution is 0.0950. The quantitative estimate of drug-likeness (QED) is 0.584. The molecule has 1 aromatic heterocycles. The molecule has 7 heteroatoms. The van der Waals surface area contributed by atoms with Crippen molar-refractivity contribution in [3.05, 3.63) is 75.2 Å². The van der Waals surface area contributed by atoms with Gasteiger partial charge in [-0.25, -0.2) is 0 Å². The number of hydrogen-bond donors (Lipinski definition) is 1. The zero-order valence-corrected chi connectivity index (χ0v) is 17.8. The summed E-state index contributed by atoms with van der Waals surface area (Å²) in [6.45, 7) is 6.51. The molecule has 0 saturated carbocycles. The van der Waals surface area contributed by atoms with Gasteiger partial charge in [-0.3, -0.25) is 9.69 Å². The van der Waals surface area contributed by atoms with Crippen molar-refractivity contribution in [3.8, 4) is 5.75 Å². The highest BCUT2D eigenvalue weighted by Crippen LogP contribution is 2.16. The minimum atomic E-state index is -0.195. The summed E-state index contributed by atoms with van der Waals surface area (Å²) in [5.41, 5.74) is 3.38. The van der Waals surface area contributed by atoms with Gasteiger partial charge in [-0.2, -0.15) is 0 Å². The van der Waals surface area contributed by atoms with Crippen LogP contribution in [0.2, 0.25) is 0 Å². The van der Waals surface area contributed by atoms with E-state index in [0.717, 1.165) is 28.4 Å². The summed E-state index contributed by atoms with van der Waals surface area (Å²) in [7, 11) is 2.00. The van der Waals surface area contributed by atoms with Crippen LogP contribution in [0.3, 0.4) is 0 Å². The van der Waals surface area contributed by atoms with Gasteiger partial charge in [0.1, 0.15) is 17.4 Å². The number of carbonyl (C=O) groups excluding carboxylic acids is 1. The molecule has 0 aliphatic rings. The number of aryl methyl sites for hydroxylation is 2. The van der Waals surface area contributed by atoms with Gasteiger partial charge < -0.3 is 10.1 Å². The van der Waals surface area contributed by atoms with Crippen LogP contribution in [0.5, 0.6) is 5.75 Å². The van der Waals surface area contributed by atoms with Crippen molar-refractivity contribution in [2.45, 2.75) is 26.9 Å². The van der Waals surface area contributed by atoms with Gasteiger partial charge in [0.25, 0.3) is 5.91 Å². The number of para-hydroxylation sites is 1. The molecule has 0 aliphatic carbocycles. The SMILES string of the molecule is Cc1ccc(CNC(=O)c2nnc(CN(C)CCOc3ccccc3C)s2)cc1. The summed E-state index contributed by atoms with van der Waals surface area (Å²) in [5.74, 6) is 0.712. The number of aromatic nitrogens is 2. The van der Waals surface area contributed by atoms with Gasteiger partial charge in [-0.1, -0.05) is 59.4 Å². The molecule has 0 aliphatic heterocycles. The van der Waals surface area contributed by atoms with Crippen molar-refractivity contribution >= 4 is 17.2 Å². The Balaban J connectivity index is 1.43. The lowest BCUT2D eigenvalue weighted by Gasteiger charge is -2.15. The number of amides is 1. The van der Waals surface area contributed by atoms with Crippen LogP contribution in [-0.2, 0) is 13.1 Å². The van der Waals surface area contributed by atoms with E-state index in [1.165, 1.54) is 16.9 Å². The standard InChI is InChI=1S/C22H26N4O2S/c1-16-8-10-18(11-9-16)14-23-21(27)22-25-24-20(29-22)15-26(3)12-13-28-19-7-5-4-6-17(19)2/h4-11H,12-15H2,1-3H3,(H,23,27). The van der Waals surface area contributed by atoms with Crippen LogP contribution in [0.25, 0.3) is 0 Å². The monoisotopic (exact) mass is 410 g/mol. The molecule has 0 spiro atoms. The minimum Gasteiger partial charge on any atom is -0.492 e. The van der Waals surface area contributed by atoms with Crippen molar-refractivity contribution < 1.29 is 9.53 Å². The van der Waals surface area contributed by atoms with Crippen molar-refractivity contribution in [1.82, 2.24) is 20.4 Å². The van der Waals surface area contributed by atoms with E-state index in [9.17, 15) is 4.79 Å². The smallest absolute Gasteiger partial charge is 0.282 e. The largest absolute Gasteiger partial charge is 0.492 e. The molecular formula is C22H26N4O2S. The average Bonchev–Trinajstić information content (AvgIpc) is 3.17. The van der Waals surface area contributed by atoms with E-state index < -0.39 is 0 Å². The third kappa shape index (κ3) is 6.37. The summed E-state index contributed by atoms with van der Waals surface area (Å²) in [6.07, 6.45) is 0. The summed E-state index contributed by atoms with van der Waals surface area (Å²) < 4.78 is 5.83. The maximum absolute atomic E-state index is 12.3. The van der Waals surface area contributed by atoms with E-state index in [1.807, 2.05) is 69.4 Å². The summed E-state index contributed by atoms with van der Waals surface area (Å²) in [5, 5.41) is 12.3. The highest BCUT2D eigenvalue weighted by Gasteiger charge is 2.14. The predicted octanol–water partition coefficient (Wildman–Crippen LogP) is 3.60. The van der Waals surface area contributed by atoms with E-state index in [1.54, 1.807) is 0 Å². The van der Waals surface area contributed by atoms with Gasteiger partial charge in [-0.15, -0.1) is 10.2 Å². The molecule has 152 valence electrons. The van der Waals surface area contributed by atoms with E-state index in [0.29, 0.717) is 24.7 Å². The van der Waals surface area contributed by atoms with Gasteiger partial charge >= 0.3 is 0 Å². The summed E-state index contributed by atoms with van der Waals surface area (Å²) >= 11 is 1.32. The minimum absolute atomic E-state index is 0.195. The Morgan fingerprint density at radius 1 is 1.10 bits per heavy atom. The first kappa shape index (κ1) is 21.0. The molecule has 0 radical (unpaired) electrons. The number of rotatable bonds is 9. The number of benzene rings is 2. The number of carbonyl (C=O) groups is 1. The van der Waals surface area contributed by atoms with Crippen LogP contribution in [0.4, 0.5) is 0 Å². The Bertz CT molecular complexity index is 940. The number of nitrogens with zero attached hydrogens (tertiary/aromatic N) is 3. The summed E-state index contributed by atoms with van der Waals surface area (Å²) in [4.78, 5) is 14.4. The summed E-state index contributed by atoms with van der Waals surface area (Å²) in [6, 6.07) is 16.1. The molecule has 29 heavy (non-hydrogen) atoms. The van der Waals surface area contributed by atoms with Gasteiger partial charge in [0.05, 0.1) is 6.54 Å². The second-order valence-corrected chi connectivity index (χ2v) is 8.08. The molecule has 6 nitrogen and oxygen atoms in total. The number of nitrogens with one attached hydrogen (secondary N) is 1. The highest BCUT2D eigenvalue weighted by atomic mass is 32.1. The Morgan fingerprint density at radius 3 is 2.62 bits per heavy atom. The highest BCUT2D eigenvalue weighted by molar-refractivity contribution is 7.13. The fourth-order valence-corrected chi connectivity index (χ4v) is 3.55. The molecule has 1 amide bonds. The molecule has 3 aromatic rings. The van der Waals surface area contributed by atoms with Crippen LogP contribution >= 0.6 is 11.3 Å². The first-order valence-electron chi connectivity index (χ1n) is 9.54. The molecule has 0 saturated heterocycles. The lowest BCUT2D eigenvalue weighted by atomic mass is 10.1. The molecule has 3 rings (SSSR count). The van der Waals surface area contributed by atoms with E-state index >= 15 is 0 Å². The Hall–Kier alpha value is -2.77. The molecule has 2 aromatic carbocycles. The van der Waals surface area contributed by atoms with Crippen LogP contribution in [-0.4, -0.2) is 41.2 Å². The molecule has 0 bridgehead atoms. The number of likely N-dealkylation sites (N-methyl/N-ethyl adjacent to an activating group) is 1. The second kappa shape index (κ2) is 10.1. The van der Waals surface area contributed by atoms with Crippen LogP contribution in [0.1, 0.15) is 31.5 Å². The van der Waals surface area contributed by atoms with E-state index in [-0.39, 0.29) is 5.91 Å². The molecule has 1 N–H and O–H groups in total. The van der Waals surface area contributed by atoms with Crippen molar-refractivity contribution in [1.29, 1.82) is 0 Å². The van der Waals surface area contributed by atoms with Crippen LogP contribution in [0.15, 0.2) is 48.5 Å². The average molecular weight is 411 g/mol. The van der Waals surface area contributed by atoms with Crippen molar-refractivity contribution in [3.63, 3.8) is 0 Å². The molecule has 0 unspecified atom stereocenters. The van der Waals surface area contributed by atoms with Gasteiger partial charge in [0.2, 0.25) is 5.01 Å². The third-order valence-corrected chi connectivity index (χ3v) is 5.37. The van der Waals surface area contributed by atoms with E-state index in [2.05, 4.69) is 20.4 Å². The van der Waals surface area contributed by atoms with Crippen LogP contribution < -0.4 is 10.1 Å². The maximum atomic E-state index is 12.3. The normalized spacial score (nSPS) is 10.9. The first-order valence-corrected chi connectivity index (χ1v) is 10.4. The van der Waals surface area contributed by atoms with Gasteiger partial charge in [0.15, 0.2) is 0 Å². The number of hydrogen-bond acceptors (Lipinski definition) is 6. The van der Waals surface area contributed by atoms with Gasteiger partial charge in [-0.05, 0) is 38.1 Å². The Morgan fingerprint density at radius 2 is 1.86 bits per heavy atom. The first-order chi connectivity index (χ1) is 14.0. The molecule has 1 heterocycles. The molecule has 0 fully saturated rings. The van der Waals surface area contributed by atoms with Gasteiger partial charge in [0, 0.05) is 13.1 Å². The zero-order chi connectivity index (χ0) is 20.6. The second-order valence-electron chi connectivity index (χ2n) is 7.02. The van der Waals surface area contributed by atoms with E-state index in [4.69, 9.17) is 4.74 Å². The van der Waals surface area contributed by atoms with Crippen molar-refractivity contribution in [2.24, 2.45) is 0 Å². The Labute approximate surface area is 175 Å².